The normalized spacial score (nSPS) is 16.9. The van der Waals surface area contributed by atoms with Gasteiger partial charge in [0, 0.05) is 23.2 Å². The molecule has 0 heterocycles. The summed E-state index contributed by atoms with van der Waals surface area (Å²) in [6, 6.07) is 0. The summed E-state index contributed by atoms with van der Waals surface area (Å²) in [6.45, 7) is 16.5. The molecule has 118 valence electrons. The van der Waals surface area contributed by atoms with Gasteiger partial charge in [-0.15, -0.1) is 0 Å². The molecule has 0 aliphatic heterocycles. The summed E-state index contributed by atoms with van der Waals surface area (Å²) in [6.07, 6.45) is 2.26. The standard InChI is InChI=1S/C17H29N3O/c1-11(2)10-19-16(21)14(12(3)4)13(5)15(18-7)20-17(6)8-9-17/h11,20H,7-10H2,1-6H3,(H,19,21)/b15-13-. The zero-order valence-electron chi connectivity index (χ0n) is 14.3. The zero-order chi connectivity index (χ0) is 16.2. The molecule has 1 amide bonds. The Balaban J connectivity index is 3.00. The lowest BCUT2D eigenvalue weighted by atomic mass is 10.0. The van der Waals surface area contributed by atoms with Gasteiger partial charge in [-0.1, -0.05) is 19.4 Å². The minimum absolute atomic E-state index is 0.0369. The molecule has 1 aliphatic rings. The van der Waals surface area contributed by atoms with E-state index in [0.717, 1.165) is 24.0 Å². The van der Waals surface area contributed by atoms with Crippen molar-refractivity contribution in [3.05, 3.63) is 22.5 Å². The van der Waals surface area contributed by atoms with E-state index in [1.807, 2.05) is 20.8 Å². The van der Waals surface area contributed by atoms with Gasteiger partial charge in [-0.05, 0) is 53.2 Å². The van der Waals surface area contributed by atoms with Crippen molar-refractivity contribution in [2.45, 2.75) is 59.9 Å². The topological polar surface area (TPSA) is 53.5 Å². The van der Waals surface area contributed by atoms with Crippen molar-refractivity contribution in [1.29, 1.82) is 0 Å². The molecule has 0 atom stereocenters. The Bertz CT molecular complexity index is 478. The minimum atomic E-state index is -0.0369. The number of rotatable bonds is 7. The fraction of sp³-hybridized carbons (Fsp3) is 0.647. The van der Waals surface area contributed by atoms with Gasteiger partial charge in [-0.3, -0.25) is 4.79 Å². The van der Waals surface area contributed by atoms with Crippen molar-refractivity contribution < 1.29 is 4.79 Å². The van der Waals surface area contributed by atoms with Gasteiger partial charge >= 0.3 is 0 Å². The average molecular weight is 291 g/mol. The van der Waals surface area contributed by atoms with Gasteiger partial charge in [0.2, 0.25) is 0 Å². The molecule has 2 N–H and O–H groups in total. The Hall–Kier alpha value is -1.58. The van der Waals surface area contributed by atoms with Crippen molar-refractivity contribution in [2.75, 3.05) is 6.54 Å². The first-order chi connectivity index (χ1) is 9.70. The maximum atomic E-state index is 12.4. The summed E-state index contributed by atoms with van der Waals surface area (Å²) in [7, 11) is 0. The Kier molecular flexibility index (Phi) is 5.76. The number of carbonyl (C=O) groups excluding carboxylic acids is 1. The van der Waals surface area contributed by atoms with Crippen molar-refractivity contribution >= 4 is 12.6 Å². The van der Waals surface area contributed by atoms with Crippen molar-refractivity contribution in [1.82, 2.24) is 10.6 Å². The number of hydrogen-bond donors (Lipinski definition) is 2. The molecule has 4 heteroatoms. The highest BCUT2D eigenvalue weighted by Crippen LogP contribution is 2.36. The zero-order valence-corrected chi connectivity index (χ0v) is 14.3. The molecule has 0 aromatic heterocycles. The highest BCUT2D eigenvalue weighted by molar-refractivity contribution is 5.98. The predicted octanol–water partition coefficient (Wildman–Crippen LogP) is 3.17. The van der Waals surface area contributed by atoms with Gasteiger partial charge < -0.3 is 10.6 Å². The second kappa shape index (κ2) is 6.92. The monoisotopic (exact) mass is 291 g/mol. The molecule has 0 radical (unpaired) electrons. The van der Waals surface area contributed by atoms with E-state index in [1.54, 1.807) is 0 Å². The van der Waals surface area contributed by atoms with Crippen LogP contribution in [0.2, 0.25) is 0 Å². The van der Waals surface area contributed by atoms with Gasteiger partial charge in [0.25, 0.3) is 5.91 Å². The van der Waals surface area contributed by atoms with Gasteiger partial charge in [0.15, 0.2) is 0 Å². The second-order valence-corrected chi connectivity index (χ2v) is 6.80. The van der Waals surface area contributed by atoms with E-state index in [4.69, 9.17) is 0 Å². The van der Waals surface area contributed by atoms with Crippen LogP contribution in [0.5, 0.6) is 0 Å². The first kappa shape index (κ1) is 17.5. The summed E-state index contributed by atoms with van der Waals surface area (Å²) in [5.74, 6) is 1.10. The molecule has 0 unspecified atom stereocenters. The van der Waals surface area contributed by atoms with E-state index >= 15 is 0 Å². The first-order valence-corrected chi connectivity index (χ1v) is 7.62. The Morgan fingerprint density at radius 2 is 1.86 bits per heavy atom. The number of amides is 1. The van der Waals surface area contributed by atoms with Gasteiger partial charge in [0.05, 0.1) is 0 Å². The van der Waals surface area contributed by atoms with Crippen LogP contribution in [-0.2, 0) is 4.79 Å². The maximum Gasteiger partial charge on any atom is 0.251 e. The molecular formula is C17H29N3O. The second-order valence-electron chi connectivity index (χ2n) is 6.80. The molecular weight excluding hydrogens is 262 g/mol. The molecule has 0 aromatic rings. The number of aliphatic imine (C=N–C) groups is 1. The minimum Gasteiger partial charge on any atom is -0.365 e. The fourth-order valence-electron chi connectivity index (χ4n) is 2.13. The summed E-state index contributed by atoms with van der Waals surface area (Å²) < 4.78 is 0. The lowest BCUT2D eigenvalue weighted by Crippen LogP contribution is -2.32. The van der Waals surface area contributed by atoms with E-state index in [9.17, 15) is 4.79 Å². The highest BCUT2D eigenvalue weighted by Gasteiger charge is 2.38. The van der Waals surface area contributed by atoms with Crippen molar-refractivity contribution in [3.63, 3.8) is 0 Å². The van der Waals surface area contributed by atoms with Crippen LogP contribution in [0, 0.1) is 5.92 Å². The molecule has 0 saturated heterocycles. The van der Waals surface area contributed by atoms with Crippen LogP contribution in [0.25, 0.3) is 0 Å². The quantitative estimate of drug-likeness (QED) is 0.430. The van der Waals surface area contributed by atoms with E-state index in [1.165, 1.54) is 0 Å². The van der Waals surface area contributed by atoms with Gasteiger partial charge in [0.1, 0.15) is 5.82 Å². The van der Waals surface area contributed by atoms with Crippen LogP contribution in [0.3, 0.4) is 0 Å². The number of carbonyl (C=O) groups is 1. The van der Waals surface area contributed by atoms with Crippen LogP contribution in [0.4, 0.5) is 0 Å². The third-order valence-corrected chi connectivity index (χ3v) is 3.71. The number of nitrogens with zero attached hydrogens (tertiary/aromatic N) is 1. The third-order valence-electron chi connectivity index (χ3n) is 3.71. The Morgan fingerprint density at radius 3 is 2.24 bits per heavy atom. The van der Waals surface area contributed by atoms with Crippen LogP contribution >= 0.6 is 0 Å². The maximum absolute atomic E-state index is 12.4. The molecule has 0 spiro atoms. The lowest BCUT2D eigenvalue weighted by Gasteiger charge is -2.19. The average Bonchev–Trinajstić information content (AvgIpc) is 3.11. The van der Waals surface area contributed by atoms with Crippen LogP contribution in [0.15, 0.2) is 27.5 Å². The molecule has 0 aromatic carbocycles. The summed E-state index contributed by atoms with van der Waals surface area (Å²) in [5, 5.41) is 6.39. The van der Waals surface area contributed by atoms with Gasteiger partial charge in [-0.25, -0.2) is 4.99 Å². The van der Waals surface area contributed by atoms with Crippen LogP contribution in [0.1, 0.15) is 54.4 Å². The molecule has 0 bridgehead atoms. The molecule has 21 heavy (non-hydrogen) atoms. The van der Waals surface area contributed by atoms with E-state index in [-0.39, 0.29) is 11.4 Å². The van der Waals surface area contributed by atoms with Crippen molar-refractivity contribution in [3.8, 4) is 0 Å². The lowest BCUT2D eigenvalue weighted by molar-refractivity contribution is -0.117. The van der Waals surface area contributed by atoms with E-state index in [2.05, 4.69) is 43.1 Å². The molecule has 1 fully saturated rings. The third kappa shape index (κ3) is 5.03. The van der Waals surface area contributed by atoms with E-state index in [0.29, 0.717) is 23.9 Å². The fourth-order valence-corrected chi connectivity index (χ4v) is 2.13. The van der Waals surface area contributed by atoms with Crippen LogP contribution < -0.4 is 10.6 Å². The molecule has 4 nitrogen and oxygen atoms in total. The summed E-state index contributed by atoms with van der Waals surface area (Å²) >= 11 is 0. The Labute approximate surface area is 128 Å². The SMILES string of the molecule is C=N/C(NC1(C)CC1)=C(\C)C(C(=O)NCC(C)C)=C(C)C. The first-order valence-electron chi connectivity index (χ1n) is 7.62. The molecule has 1 aliphatic carbocycles. The molecule has 1 saturated carbocycles. The summed E-state index contributed by atoms with van der Waals surface area (Å²) in [5.41, 5.74) is 2.66. The van der Waals surface area contributed by atoms with Crippen molar-refractivity contribution in [2.24, 2.45) is 10.9 Å². The van der Waals surface area contributed by atoms with Crippen LogP contribution in [-0.4, -0.2) is 24.7 Å². The van der Waals surface area contributed by atoms with E-state index < -0.39 is 0 Å². The predicted molar refractivity (Wildman–Crippen MR) is 89.2 cm³/mol. The number of allylic oxidation sites excluding steroid dienone is 1. The smallest absolute Gasteiger partial charge is 0.251 e. The summed E-state index contributed by atoms with van der Waals surface area (Å²) in [4.78, 5) is 16.5. The highest BCUT2D eigenvalue weighted by atomic mass is 16.1. The molecule has 1 rings (SSSR count). The largest absolute Gasteiger partial charge is 0.365 e. The van der Waals surface area contributed by atoms with Gasteiger partial charge in [-0.2, -0.15) is 0 Å². The number of hydrogen-bond acceptors (Lipinski definition) is 3. The Morgan fingerprint density at radius 1 is 1.29 bits per heavy atom. The number of nitrogens with one attached hydrogen (secondary N) is 2.